The van der Waals surface area contributed by atoms with Gasteiger partial charge in [-0.2, -0.15) is 0 Å². The van der Waals surface area contributed by atoms with Crippen molar-refractivity contribution in [2.24, 2.45) is 10.7 Å². The number of halogens is 3. The predicted octanol–water partition coefficient (Wildman–Crippen LogP) is 2.83. The summed E-state index contributed by atoms with van der Waals surface area (Å²) in [5.41, 5.74) is 4.89. The molecule has 2 unspecified atom stereocenters. The lowest BCUT2D eigenvalue weighted by atomic mass is 9.96. The fraction of sp³-hybridized carbons (Fsp3) is 0.400. The van der Waals surface area contributed by atoms with Crippen LogP contribution in [0.15, 0.2) is 29.4 Å². The first-order valence-electron chi connectivity index (χ1n) is 9.97. The monoisotopic (exact) mass is 500 g/mol. The van der Waals surface area contributed by atoms with E-state index < -0.39 is 32.1 Å². The molecule has 172 valence electrons. The van der Waals surface area contributed by atoms with Crippen molar-refractivity contribution >= 4 is 50.9 Å². The minimum Gasteiger partial charge on any atom is -0.386 e. The average molecular weight is 501 g/mol. The van der Waals surface area contributed by atoms with E-state index in [0.717, 1.165) is 6.42 Å². The Morgan fingerprint density at radius 2 is 2.09 bits per heavy atom. The number of fused-ring (bicyclic) bond motifs is 1. The van der Waals surface area contributed by atoms with Crippen LogP contribution in [-0.2, 0) is 15.7 Å². The van der Waals surface area contributed by atoms with E-state index in [-0.39, 0.29) is 38.8 Å². The van der Waals surface area contributed by atoms with Gasteiger partial charge in [0.2, 0.25) is 0 Å². The normalized spacial score (nSPS) is 27.7. The molecule has 0 saturated carbocycles. The lowest BCUT2D eigenvalue weighted by Gasteiger charge is -2.52. The molecule has 1 saturated heterocycles. The summed E-state index contributed by atoms with van der Waals surface area (Å²) in [6, 6.07) is 3.87. The maximum absolute atomic E-state index is 14.9. The summed E-state index contributed by atoms with van der Waals surface area (Å²) in [5, 5.41) is 2.91. The molecule has 1 amide bonds. The zero-order valence-electron chi connectivity index (χ0n) is 17.5. The fourth-order valence-electron chi connectivity index (χ4n) is 4.22. The minimum atomic E-state index is -3.03. The van der Waals surface area contributed by atoms with E-state index in [1.807, 2.05) is 6.92 Å². The number of hydrogen-bond donors (Lipinski definition) is 4. The van der Waals surface area contributed by atoms with E-state index in [9.17, 15) is 13.4 Å². The minimum absolute atomic E-state index is 0.0542. The number of carbonyl (C=O) groups excluding carboxylic acids is 1. The fourth-order valence-corrected chi connectivity index (χ4v) is 8.04. The Bertz CT molecular complexity index is 1190. The van der Waals surface area contributed by atoms with Crippen LogP contribution < -0.4 is 15.8 Å². The summed E-state index contributed by atoms with van der Waals surface area (Å²) < 4.78 is 31.1. The van der Waals surface area contributed by atoms with Crippen LogP contribution in [0.1, 0.15) is 42.9 Å². The molecule has 2 aliphatic heterocycles. The number of aliphatic imine (C=N–C) groups is 1. The molecule has 2 aromatic rings. The number of rotatable bonds is 3. The Hall–Kier alpha value is -2.14. The van der Waals surface area contributed by atoms with Gasteiger partial charge in [-0.25, -0.2) is 14.4 Å². The van der Waals surface area contributed by atoms with Crippen LogP contribution in [-0.4, -0.2) is 43.0 Å². The highest BCUT2D eigenvalue weighted by Gasteiger charge is 2.53. The third kappa shape index (κ3) is 3.79. The van der Waals surface area contributed by atoms with E-state index in [4.69, 9.17) is 28.9 Å². The molecule has 2 atom stereocenters. The van der Waals surface area contributed by atoms with Crippen LogP contribution in [0, 0.1) is 5.82 Å². The smallest absolute Gasteiger partial charge is 0.276 e. The van der Waals surface area contributed by atoms with Crippen molar-refractivity contribution in [1.82, 2.24) is 14.7 Å². The van der Waals surface area contributed by atoms with Crippen molar-refractivity contribution < 1.29 is 13.4 Å². The third-order valence-electron chi connectivity index (χ3n) is 6.08. The van der Waals surface area contributed by atoms with Gasteiger partial charge in [-0.3, -0.25) is 18.7 Å². The van der Waals surface area contributed by atoms with Gasteiger partial charge in [-0.15, -0.1) is 0 Å². The Labute approximate surface area is 195 Å². The van der Waals surface area contributed by atoms with Gasteiger partial charge in [0.05, 0.1) is 14.8 Å². The molecule has 0 bridgehead atoms. The highest BCUT2D eigenvalue weighted by atomic mass is 35.5. The van der Waals surface area contributed by atoms with Crippen molar-refractivity contribution in [1.29, 1.82) is 0 Å². The molecule has 2 aliphatic rings. The molecule has 2 aromatic heterocycles. The number of nitrogens with zero attached hydrogens (tertiary/aromatic N) is 3. The largest absolute Gasteiger partial charge is 0.386 e. The quantitative estimate of drug-likeness (QED) is 0.482. The molecule has 4 heterocycles. The maximum Gasteiger partial charge on any atom is 0.276 e. The lowest BCUT2D eigenvalue weighted by molar-refractivity contribution is 0.102. The Morgan fingerprint density at radius 1 is 1.34 bits per heavy atom. The number of pyridine rings is 2. The van der Waals surface area contributed by atoms with Gasteiger partial charge in [0.1, 0.15) is 34.4 Å². The lowest BCUT2D eigenvalue weighted by Crippen LogP contribution is -2.67. The van der Waals surface area contributed by atoms with Crippen molar-refractivity contribution in [2.75, 3.05) is 17.6 Å². The van der Waals surface area contributed by atoms with Crippen molar-refractivity contribution in [3.8, 4) is 0 Å². The van der Waals surface area contributed by atoms with Crippen molar-refractivity contribution in [2.45, 2.75) is 37.0 Å². The SMILES string of the molecule is CC1(c2nc(NC(=O)c3ncc(Cl)cc3Cl)ccc2F)C[SH]2(=O)NCCCC2(C)C(N)=N1. The molecule has 0 radical (unpaired) electrons. The predicted molar refractivity (Wildman–Crippen MR) is 125 cm³/mol. The molecular weight excluding hydrogens is 478 g/mol. The number of amides is 1. The Balaban J connectivity index is 1.70. The van der Waals surface area contributed by atoms with Gasteiger partial charge in [-0.1, -0.05) is 23.2 Å². The van der Waals surface area contributed by atoms with E-state index in [1.54, 1.807) is 6.92 Å². The van der Waals surface area contributed by atoms with Crippen LogP contribution in [0.4, 0.5) is 10.2 Å². The summed E-state index contributed by atoms with van der Waals surface area (Å²) in [7, 11) is -3.03. The molecule has 0 spiro atoms. The summed E-state index contributed by atoms with van der Waals surface area (Å²) in [6.07, 6.45) is 2.75. The second-order valence-corrected chi connectivity index (χ2v) is 12.4. The average Bonchev–Trinajstić information content (AvgIpc) is 2.70. The van der Waals surface area contributed by atoms with Crippen LogP contribution in [0.3, 0.4) is 0 Å². The second kappa shape index (κ2) is 8.02. The Morgan fingerprint density at radius 3 is 2.81 bits per heavy atom. The van der Waals surface area contributed by atoms with Crippen molar-refractivity contribution in [3.05, 3.63) is 51.6 Å². The van der Waals surface area contributed by atoms with Gasteiger partial charge < -0.3 is 11.1 Å². The van der Waals surface area contributed by atoms with E-state index in [2.05, 4.69) is 25.0 Å². The summed E-state index contributed by atoms with van der Waals surface area (Å²) in [6.45, 7) is 4.07. The number of nitrogens with two attached hydrogens (primary N) is 1. The third-order valence-corrected chi connectivity index (χ3v) is 10.4. The zero-order valence-corrected chi connectivity index (χ0v) is 19.9. The van der Waals surface area contributed by atoms with Crippen LogP contribution in [0.25, 0.3) is 0 Å². The van der Waals surface area contributed by atoms with Gasteiger partial charge >= 0.3 is 0 Å². The molecule has 8 nitrogen and oxygen atoms in total. The first-order valence-corrected chi connectivity index (χ1v) is 12.6. The number of amidine groups is 1. The number of hydrogen-bond acceptors (Lipinski definition) is 6. The summed E-state index contributed by atoms with van der Waals surface area (Å²) in [4.78, 5) is 25.4. The summed E-state index contributed by atoms with van der Waals surface area (Å²) in [5.74, 6) is -0.935. The number of anilines is 1. The second-order valence-electron chi connectivity index (χ2n) is 8.42. The number of nitrogens with one attached hydrogen (secondary N) is 2. The van der Waals surface area contributed by atoms with E-state index >= 15 is 0 Å². The maximum atomic E-state index is 14.9. The van der Waals surface area contributed by atoms with E-state index in [0.29, 0.717) is 13.0 Å². The van der Waals surface area contributed by atoms with Gasteiger partial charge in [0.15, 0.2) is 0 Å². The zero-order chi connectivity index (χ0) is 23.3. The molecule has 0 aromatic carbocycles. The first-order chi connectivity index (χ1) is 15.0. The molecule has 4 rings (SSSR count). The van der Waals surface area contributed by atoms with Crippen LogP contribution in [0.2, 0.25) is 10.0 Å². The van der Waals surface area contributed by atoms with Crippen molar-refractivity contribution in [3.63, 3.8) is 0 Å². The number of carbonyl (C=O) groups is 1. The molecule has 12 heteroatoms. The number of thiol groups is 1. The van der Waals surface area contributed by atoms with E-state index in [1.165, 1.54) is 24.4 Å². The van der Waals surface area contributed by atoms with Gasteiger partial charge in [-0.05, 0) is 55.0 Å². The standard InChI is InChI=1S/C20H23Cl2FN6O2S/c1-19(10-32(31)20(2,18(24)29-19)6-3-7-26-32)16-13(23)4-5-14(27-16)28-17(30)15-12(22)8-11(21)9-25-15/h4-5,8-9,32H,3,6-7,10H2,1-2H3,(H2,24,29)(H,26,31)(H,27,28,30). The Kier molecular flexibility index (Phi) is 5.77. The molecular formula is C20H23Cl2FN6O2S. The van der Waals surface area contributed by atoms with Gasteiger partial charge in [0, 0.05) is 18.5 Å². The molecule has 4 N–H and O–H groups in total. The topological polar surface area (TPSA) is 122 Å². The summed E-state index contributed by atoms with van der Waals surface area (Å²) >= 11 is 11.9. The number of aromatic nitrogens is 2. The molecule has 1 fully saturated rings. The molecule has 32 heavy (non-hydrogen) atoms. The highest BCUT2D eigenvalue weighted by Crippen LogP contribution is 2.43. The first kappa shape index (κ1) is 23.0. The van der Waals surface area contributed by atoms with Gasteiger partial charge in [0.25, 0.3) is 5.91 Å². The van der Waals surface area contributed by atoms with Crippen LogP contribution in [0.5, 0.6) is 0 Å². The molecule has 0 aliphatic carbocycles. The van der Waals surface area contributed by atoms with Crippen LogP contribution >= 0.6 is 23.2 Å². The highest BCUT2D eigenvalue weighted by molar-refractivity contribution is 8.03.